The Hall–Kier alpha value is -6.91. The van der Waals surface area contributed by atoms with Gasteiger partial charge in [-0.15, -0.1) is 0 Å². The second-order valence-corrected chi connectivity index (χ2v) is 13.5. The first kappa shape index (κ1) is 28.9. The molecule has 0 radical (unpaired) electrons. The Morgan fingerprint density at radius 1 is 0.481 bits per heavy atom. The molecule has 2 aliphatic rings. The number of hydrogen-bond acceptors (Lipinski definition) is 4. The number of fused-ring (bicyclic) bond motifs is 9. The van der Waals surface area contributed by atoms with Gasteiger partial charge < -0.3 is 14.5 Å². The standard InChI is InChI=1S/C48H30N2O2/c1-2-11-29(12-3-1)30-21-23-31(24-22-30)48-49-45-38-17-8-9-19-41(38)52-47(45)46(50-48)39-18-10-20-42-44(39)37-26-25-33(28-43(37)51-42)40-27-32-13-4-5-14-34(32)35-15-6-7-16-36(35)40/h1-28,45H,(H,49,50). The van der Waals surface area contributed by atoms with Crippen LogP contribution in [0.3, 0.4) is 0 Å². The van der Waals surface area contributed by atoms with Gasteiger partial charge in [-0.2, -0.15) is 0 Å². The van der Waals surface area contributed by atoms with Crippen LogP contribution in [-0.4, -0.2) is 5.84 Å². The number of rotatable bonds is 4. The van der Waals surface area contributed by atoms with E-state index in [0.29, 0.717) is 0 Å². The van der Waals surface area contributed by atoms with Crippen LogP contribution in [0.5, 0.6) is 5.75 Å². The molecule has 244 valence electrons. The molecule has 0 aliphatic carbocycles. The summed E-state index contributed by atoms with van der Waals surface area (Å²) >= 11 is 0. The Bertz CT molecular complexity index is 2950. The number of nitrogens with zero attached hydrogens (tertiary/aromatic N) is 1. The van der Waals surface area contributed by atoms with Crippen LogP contribution in [0, 0.1) is 0 Å². The Morgan fingerprint density at radius 2 is 1.19 bits per heavy atom. The van der Waals surface area contributed by atoms with Crippen LogP contribution in [0.4, 0.5) is 0 Å². The van der Waals surface area contributed by atoms with Crippen molar-refractivity contribution >= 4 is 55.0 Å². The summed E-state index contributed by atoms with van der Waals surface area (Å²) in [5, 5.41) is 10.7. The first-order valence-electron chi connectivity index (χ1n) is 17.7. The van der Waals surface area contributed by atoms with E-state index in [1.54, 1.807) is 0 Å². The number of amidine groups is 1. The van der Waals surface area contributed by atoms with Gasteiger partial charge in [0, 0.05) is 27.5 Å². The summed E-state index contributed by atoms with van der Waals surface area (Å²) in [6.45, 7) is 0. The van der Waals surface area contributed by atoms with Gasteiger partial charge in [-0.05, 0) is 74.1 Å². The third kappa shape index (κ3) is 4.44. The SMILES string of the molecule is c1ccc(-c2ccc(C3=NC(c4cccc5oc6cc(-c7cc8ccccc8c8ccccc78)ccc6c45)=C4Oc5ccccc5C4N3)cc2)cc1. The Morgan fingerprint density at radius 3 is 2.08 bits per heavy atom. The summed E-state index contributed by atoms with van der Waals surface area (Å²) in [5.41, 5.74) is 10.2. The molecule has 4 heteroatoms. The minimum absolute atomic E-state index is 0.172. The number of ether oxygens (including phenoxy) is 1. The van der Waals surface area contributed by atoms with Crippen LogP contribution in [0.15, 0.2) is 185 Å². The number of benzene rings is 8. The van der Waals surface area contributed by atoms with E-state index in [1.165, 1.54) is 32.7 Å². The van der Waals surface area contributed by atoms with Crippen molar-refractivity contribution in [3.8, 4) is 28.0 Å². The third-order valence-corrected chi connectivity index (χ3v) is 10.5. The van der Waals surface area contributed by atoms with Crippen LogP contribution in [0.2, 0.25) is 0 Å². The maximum absolute atomic E-state index is 6.66. The molecule has 0 spiro atoms. The molecule has 4 nitrogen and oxygen atoms in total. The summed E-state index contributed by atoms with van der Waals surface area (Å²) in [7, 11) is 0. The highest BCUT2D eigenvalue weighted by Gasteiger charge is 2.37. The molecule has 2 aliphatic heterocycles. The van der Waals surface area contributed by atoms with Crippen molar-refractivity contribution in [2.45, 2.75) is 6.04 Å². The first-order valence-corrected chi connectivity index (χ1v) is 17.7. The van der Waals surface area contributed by atoms with E-state index in [-0.39, 0.29) is 6.04 Å². The number of furan rings is 1. The highest BCUT2D eigenvalue weighted by molar-refractivity contribution is 6.16. The molecule has 0 saturated heterocycles. The third-order valence-electron chi connectivity index (χ3n) is 10.5. The van der Waals surface area contributed by atoms with Crippen molar-refractivity contribution in [1.29, 1.82) is 0 Å². The maximum Gasteiger partial charge on any atom is 0.157 e. The van der Waals surface area contributed by atoms with Gasteiger partial charge in [-0.1, -0.05) is 140 Å². The van der Waals surface area contributed by atoms with Crippen molar-refractivity contribution in [2.24, 2.45) is 4.99 Å². The quantitative estimate of drug-likeness (QED) is 0.190. The molecule has 3 heterocycles. The zero-order valence-corrected chi connectivity index (χ0v) is 28.0. The van der Waals surface area contributed by atoms with Crippen molar-refractivity contribution in [3.05, 3.63) is 192 Å². The van der Waals surface area contributed by atoms with E-state index in [9.17, 15) is 0 Å². The van der Waals surface area contributed by atoms with E-state index in [1.807, 2.05) is 30.3 Å². The lowest BCUT2D eigenvalue weighted by atomic mass is 9.92. The summed E-state index contributed by atoms with van der Waals surface area (Å²) in [6.07, 6.45) is 0. The van der Waals surface area contributed by atoms with Crippen molar-refractivity contribution in [1.82, 2.24) is 5.32 Å². The predicted molar refractivity (Wildman–Crippen MR) is 212 cm³/mol. The van der Waals surface area contributed by atoms with Crippen molar-refractivity contribution in [3.63, 3.8) is 0 Å². The number of nitrogens with one attached hydrogen (secondary N) is 1. The summed E-state index contributed by atoms with van der Waals surface area (Å²) in [4.78, 5) is 5.33. The van der Waals surface area contributed by atoms with Crippen LogP contribution < -0.4 is 10.1 Å². The van der Waals surface area contributed by atoms with Gasteiger partial charge in [-0.3, -0.25) is 0 Å². The topological polar surface area (TPSA) is 46.8 Å². The normalized spacial score (nSPS) is 15.1. The lowest BCUT2D eigenvalue weighted by Crippen LogP contribution is -2.33. The van der Waals surface area contributed by atoms with Crippen LogP contribution in [0.1, 0.15) is 22.7 Å². The molecule has 0 saturated carbocycles. The largest absolute Gasteiger partial charge is 0.456 e. The van der Waals surface area contributed by atoms with Gasteiger partial charge in [0.05, 0.1) is 0 Å². The molecule has 11 rings (SSSR count). The molecule has 1 N–H and O–H groups in total. The smallest absolute Gasteiger partial charge is 0.157 e. The molecule has 1 atom stereocenters. The van der Waals surface area contributed by atoms with E-state index >= 15 is 0 Å². The van der Waals surface area contributed by atoms with Crippen LogP contribution in [0.25, 0.3) is 71.4 Å². The second-order valence-electron chi connectivity index (χ2n) is 13.5. The minimum atomic E-state index is -0.172. The number of para-hydroxylation sites is 1. The van der Waals surface area contributed by atoms with Gasteiger partial charge in [0.25, 0.3) is 0 Å². The average molecular weight is 667 g/mol. The molecule has 8 aromatic carbocycles. The van der Waals surface area contributed by atoms with E-state index < -0.39 is 0 Å². The van der Waals surface area contributed by atoms with Gasteiger partial charge >= 0.3 is 0 Å². The summed E-state index contributed by atoms with van der Waals surface area (Å²) in [5.74, 6) is 2.45. The second kappa shape index (κ2) is 11.3. The molecule has 1 aromatic heterocycles. The molecule has 9 aromatic rings. The summed E-state index contributed by atoms with van der Waals surface area (Å²) in [6, 6.07) is 59.5. The maximum atomic E-state index is 6.66. The summed E-state index contributed by atoms with van der Waals surface area (Å²) < 4.78 is 13.3. The van der Waals surface area contributed by atoms with Gasteiger partial charge in [0.15, 0.2) is 5.76 Å². The minimum Gasteiger partial charge on any atom is -0.456 e. The molecule has 1 unspecified atom stereocenters. The number of aliphatic imine (C=N–C) groups is 1. The molecule has 52 heavy (non-hydrogen) atoms. The highest BCUT2D eigenvalue weighted by atomic mass is 16.5. The molecular formula is C48H30N2O2. The number of hydrogen-bond donors (Lipinski definition) is 1. The van der Waals surface area contributed by atoms with Gasteiger partial charge in [0.2, 0.25) is 0 Å². The van der Waals surface area contributed by atoms with Gasteiger partial charge in [0.1, 0.15) is 34.5 Å². The molecule has 0 fully saturated rings. The average Bonchev–Trinajstić information content (AvgIpc) is 3.79. The first-order chi connectivity index (χ1) is 25.8. The Balaban J connectivity index is 1.08. The highest BCUT2D eigenvalue weighted by Crippen LogP contribution is 2.47. The Labute approximate surface area is 299 Å². The van der Waals surface area contributed by atoms with Crippen LogP contribution in [-0.2, 0) is 0 Å². The zero-order valence-electron chi connectivity index (χ0n) is 28.0. The van der Waals surface area contributed by atoms with Crippen LogP contribution >= 0.6 is 0 Å². The fourth-order valence-electron chi connectivity index (χ4n) is 8.07. The molecule has 0 bridgehead atoms. The zero-order chi connectivity index (χ0) is 34.2. The monoisotopic (exact) mass is 666 g/mol. The molecular weight excluding hydrogens is 637 g/mol. The van der Waals surface area contributed by atoms with Crippen molar-refractivity contribution in [2.75, 3.05) is 0 Å². The van der Waals surface area contributed by atoms with E-state index in [2.05, 4.69) is 145 Å². The lowest BCUT2D eigenvalue weighted by molar-refractivity contribution is 0.420. The predicted octanol–water partition coefficient (Wildman–Crippen LogP) is 12.1. The Kier molecular flexibility index (Phi) is 6.28. The van der Waals surface area contributed by atoms with E-state index in [0.717, 1.165) is 72.8 Å². The molecule has 0 amide bonds. The fraction of sp³-hybridized carbons (Fsp3) is 0.0208. The van der Waals surface area contributed by atoms with E-state index in [4.69, 9.17) is 14.1 Å². The van der Waals surface area contributed by atoms with Crippen molar-refractivity contribution < 1.29 is 9.15 Å². The lowest BCUT2D eigenvalue weighted by Gasteiger charge is -2.24. The fourth-order valence-corrected chi connectivity index (χ4v) is 8.07. The van der Waals surface area contributed by atoms with Gasteiger partial charge in [-0.25, -0.2) is 4.99 Å².